The van der Waals surface area contributed by atoms with Crippen molar-refractivity contribution in [3.8, 4) is 0 Å². The van der Waals surface area contributed by atoms with E-state index in [0.29, 0.717) is 24.7 Å². The SMILES string of the molecule is O=C1CCC(n2ccc(Br)n2)CC1. The molecular weight excluding hydrogens is 232 g/mol. The number of rotatable bonds is 1. The zero-order valence-corrected chi connectivity index (χ0v) is 8.83. The van der Waals surface area contributed by atoms with Crippen molar-refractivity contribution in [1.29, 1.82) is 0 Å². The molecule has 0 radical (unpaired) electrons. The van der Waals surface area contributed by atoms with Gasteiger partial charge in [0, 0.05) is 19.0 Å². The average molecular weight is 243 g/mol. The van der Waals surface area contributed by atoms with E-state index in [9.17, 15) is 4.79 Å². The summed E-state index contributed by atoms with van der Waals surface area (Å²) in [4.78, 5) is 11.0. The summed E-state index contributed by atoms with van der Waals surface area (Å²) in [6, 6.07) is 2.35. The van der Waals surface area contributed by atoms with Crippen LogP contribution < -0.4 is 0 Å². The summed E-state index contributed by atoms with van der Waals surface area (Å²) in [6.07, 6.45) is 5.26. The van der Waals surface area contributed by atoms with Crippen molar-refractivity contribution < 1.29 is 4.79 Å². The van der Waals surface area contributed by atoms with Crippen LogP contribution in [0, 0.1) is 0 Å². The molecule has 0 amide bonds. The molecule has 70 valence electrons. The molecule has 0 aromatic carbocycles. The van der Waals surface area contributed by atoms with Crippen LogP contribution in [-0.4, -0.2) is 15.6 Å². The van der Waals surface area contributed by atoms with Crippen molar-refractivity contribution in [3.63, 3.8) is 0 Å². The van der Waals surface area contributed by atoms with Crippen molar-refractivity contribution >= 4 is 21.7 Å². The Morgan fingerprint density at radius 1 is 1.46 bits per heavy atom. The van der Waals surface area contributed by atoms with Gasteiger partial charge in [-0.2, -0.15) is 5.10 Å². The summed E-state index contributed by atoms with van der Waals surface area (Å²) in [6.45, 7) is 0. The molecule has 0 spiro atoms. The molecule has 4 heteroatoms. The average Bonchev–Trinajstić information content (AvgIpc) is 2.53. The Hall–Kier alpha value is -0.640. The molecule has 1 heterocycles. The summed E-state index contributed by atoms with van der Waals surface area (Å²) >= 11 is 3.31. The van der Waals surface area contributed by atoms with Gasteiger partial charge in [0.05, 0.1) is 6.04 Å². The summed E-state index contributed by atoms with van der Waals surface area (Å²) in [5.41, 5.74) is 0. The van der Waals surface area contributed by atoms with Gasteiger partial charge in [0.2, 0.25) is 0 Å². The van der Waals surface area contributed by atoms with Crippen LogP contribution in [0.5, 0.6) is 0 Å². The number of hydrogen-bond donors (Lipinski definition) is 0. The van der Waals surface area contributed by atoms with E-state index in [1.54, 1.807) is 0 Å². The highest BCUT2D eigenvalue weighted by Gasteiger charge is 2.20. The maximum Gasteiger partial charge on any atom is 0.133 e. The molecule has 1 aliphatic rings. The molecule has 1 aliphatic carbocycles. The van der Waals surface area contributed by atoms with Crippen molar-refractivity contribution in [2.24, 2.45) is 0 Å². The fraction of sp³-hybridized carbons (Fsp3) is 0.556. The molecule has 1 aromatic rings. The van der Waals surface area contributed by atoms with Crippen LogP contribution in [0.1, 0.15) is 31.7 Å². The lowest BCUT2D eigenvalue weighted by molar-refractivity contribution is -0.120. The van der Waals surface area contributed by atoms with Gasteiger partial charge in [-0.1, -0.05) is 0 Å². The van der Waals surface area contributed by atoms with Gasteiger partial charge >= 0.3 is 0 Å². The second kappa shape index (κ2) is 3.62. The number of aromatic nitrogens is 2. The molecular formula is C9H11BrN2O. The Balaban J connectivity index is 2.06. The van der Waals surface area contributed by atoms with Gasteiger partial charge in [-0.25, -0.2) is 0 Å². The normalized spacial score (nSPS) is 19.3. The van der Waals surface area contributed by atoms with Gasteiger partial charge in [0.1, 0.15) is 10.4 Å². The van der Waals surface area contributed by atoms with E-state index >= 15 is 0 Å². The zero-order chi connectivity index (χ0) is 9.26. The van der Waals surface area contributed by atoms with Crippen molar-refractivity contribution in [2.75, 3.05) is 0 Å². The van der Waals surface area contributed by atoms with Crippen LogP contribution in [0.2, 0.25) is 0 Å². The first-order chi connectivity index (χ1) is 6.25. The van der Waals surface area contributed by atoms with Crippen LogP contribution in [-0.2, 0) is 4.79 Å². The molecule has 1 fully saturated rings. The zero-order valence-electron chi connectivity index (χ0n) is 7.24. The third kappa shape index (κ3) is 1.99. The molecule has 0 atom stereocenters. The highest BCUT2D eigenvalue weighted by molar-refractivity contribution is 9.10. The van der Waals surface area contributed by atoms with Gasteiger partial charge in [-0.3, -0.25) is 9.48 Å². The van der Waals surface area contributed by atoms with Gasteiger partial charge in [0.25, 0.3) is 0 Å². The Morgan fingerprint density at radius 3 is 2.69 bits per heavy atom. The highest BCUT2D eigenvalue weighted by Crippen LogP contribution is 2.26. The molecule has 1 saturated carbocycles. The molecule has 3 nitrogen and oxygen atoms in total. The van der Waals surface area contributed by atoms with E-state index in [1.165, 1.54) is 0 Å². The number of ketones is 1. The van der Waals surface area contributed by atoms with Gasteiger partial charge in [0.15, 0.2) is 0 Å². The number of hydrogen-bond acceptors (Lipinski definition) is 2. The molecule has 0 bridgehead atoms. The predicted molar refractivity (Wildman–Crippen MR) is 52.4 cm³/mol. The minimum atomic E-state index is 0.391. The Bertz CT molecular complexity index is 311. The third-order valence-corrected chi connectivity index (χ3v) is 2.89. The van der Waals surface area contributed by atoms with Crippen molar-refractivity contribution in [1.82, 2.24) is 9.78 Å². The van der Waals surface area contributed by atoms with Gasteiger partial charge in [-0.05, 0) is 34.8 Å². The van der Waals surface area contributed by atoms with E-state index in [1.807, 2.05) is 16.9 Å². The number of carbonyl (C=O) groups is 1. The lowest BCUT2D eigenvalue weighted by Crippen LogP contribution is -2.18. The lowest BCUT2D eigenvalue weighted by atomic mass is 9.95. The largest absolute Gasteiger partial charge is 0.300 e. The smallest absolute Gasteiger partial charge is 0.133 e. The van der Waals surface area contributed by atoms with Gasteiger partial charge in [-0.15, -0.1) is 0 Å². The Labute approximate surface area is 85.3 Å². The second-order valence-electron chi connectivity index (χ2n) is 3.39. The molecule has 0 unspecified atom stereocenters. The number of nitrogens with zero attached hydrogens (tertiary/aromatic N) is 2. The fourth-order valence-electron chi connectivity index (χ4n) is 1.71. The maximum atomic E-state index is 11.0. The summed E-state index contributed by atoms with van der Waals surface area (Å²) < 4.78 is 2.82. The van der Waals surface area contributed by atoms with E-state index in [2.05, 4.69) is 21.0 Å². The number of Topliss-reactive ketones (excluding diaryl/α,β-unsaturated/α-hetero) is 1. The molecule has 13 heavy (non-hydrogen) atoms. The van der Waals surface area contributed by atoms with Crippen LogP contribution in [0.4, 0.5) is 0 Å². The number of halogens is 1. The van der Waals surface area contributed by atoms with Crippen LogP contribution in [0.3, 0.4) is 0 Å². The van der Waals surface area contributed by atoms with E-state index in [0.717, 1.165) is 17.4 Å². The van der Waals surface area contributed by atoms with Crippen LogP contribution in [0.25, 0.3) is 0 Å². The first-order valence-electron chi connectivity index (χ1n) is 4.48. The van der Waals surface area contributed by atoms with E-state index in [4.69, 9.17) is 0 Å². The lowest BCUT2D eigenvalue weighted by Gasteiger charge is -2.20. The first-order valence-corrected chi connectivity index (χ1v) is 5.27. The quantitative estimate of drug-likeness (QED) is 0.758. The maximum absolute atomic E-state index is 11.0. The molecule has 0 N–H and O–H groups in total. The predicted octanol–water partition coefficient (Wildman–Crippen LogP) is 2.33. The Morgan fingerprint density at radius 2 is 2.15 bits per heavy atom. The molecule has 1 aromatic heterocycles. The topological polar surface area (TPSA) is 34.9 Å². The van der Waals surface area contributed by atoms with Crippen molar-refractivity contribution in [2.45, 2.75) is 31.7 Å². The molecule has 0 aliphatic heterocycles. The minimum Gasteiger partial charge on any atom is -0.300 e. The highest BCUT2D eigenvalue weighted by atomic mass is 79.9. The summed E-state index contributed by atoms with van der Waals surface area (Å²) in [5, 5.41) is 4.28. The van der Waals surface area contributed by atoms with Gasteiger partial charge < -0.3 is 0 Å². The standard InChI is InChI=1S/C9H11BrN2O/c10-9-5-6-12(11-9)7-1-3-8(13)4-2-7/h5-7H,1-4H2. The minimum absolute atomic E-state index is 0.391. The van der Waals surface area contributed by atoms with Crippen LogP contribution in [0.15, 0.2) is 16.9 Å². The molecule has 0 saturated heterocycles. The Kier molecular flexibility index (Phi) is 2.49. The van der Waals surface area contributed by atoms with E-state index in [-0.39, 0.29) is 0 Å². The fourth-order valence-corrected chi connectivity index (χ4v) is 2.01. The monoisotopic (exact) mass is 242 g/mol. The molecule has 2 rings (SSSR count). The first kappa shape index (κ1) is 8.94. The number of carbonyl (C=O) groups excluding carboxylic acids is 1. The van der Waals surface area contributed by atoms with Crippen molar-refractivity contribution in [3.05, 3.63) is 16.9 Å². The summed E-state index contributed by atoms with van der Waals surface area (Å²) in [5.74, 6) is 0.391. The summed E-state index contributed by atoms with van der Waals surface area (Å²) in [7, 11) is 0. The van der Waals surface area contributed by atoms with Crippen LogP contribution >= 0.6 is 15.9 Å². The third-order valence-electron chi connectivity index (χ3n) is 2.46. The second-order valence-corrected chi connectivity index (χ2v) is 4.20. The van der Waals surface area contributed by atoms with E-state index < -0.39 is 0 Å².